The van der Waals surface area contributed by atoms with E-state index in [0.717, 1.165) is 19.5 Å². The van der Waals surface area contributed by atoms with E-state index in [1.165, 1.54) is 0 Å². The van der Waals surface area contributed by atoms with Crippen molar-refractivity contribution >= 4 is 5.91 Å². The fraction of sp³-hybridized carbons (Fsp3) is 0.900. The van der Waals surface area contributed by atoms with Gasteiger partial charge in [0.1, 0.15) is 0 Å². The second-order valence-electron chi connectivity index (χ2n) is 4.84. The van der Waals surface area contributed by atoms with E-state index in [0.29, 0.717) is 5.92 Å². The van der Waals surface area contributed by atoms with Crippen molar-refractivity contribution in [3.05, 3.63) is 0 Å². The molecule has 1 aliphatic rings. The molecule has 1 heterocycles. The van der Waals surface area contributed by atoms with E-state index < -0.39 is 0 Å². The van der Waals surface area contributed by atoms with E-state index in [1.807, 2.05) is 25.7 Å². The van der Waals surface area contributed by atoms with Gasteiger partial charge in [-0.2, -0.15) is 0 Å². The van der Waals surface area contributed by atoms with E-state index >= 15 is 0 Å². The van der Waals surface area contributed by atoms with Crippen LogP contribution in [0.4, 0.5) is 0 Å². The Morgan fingerprint density at radius 1 is 1.54 bits per heavy atom. The lowest BCUT2D eigenvalue weighted by Crippen LogP contribution is -2.38. The quantitative estimate of drug-likeness (QED) is 0.658. The molecule has 1 aliphatic heterocycles. The standard InChI is InChI=1S/C10H19NO2/c1-10(2,3)9(13)11-5-4-8(6-11)7-12/h8,12H,4-7H2,1-3H3/t8-/m1/s1. The van der Waals surface area contributed by atoms with Gasteiger partial charge in [0.25, 0.3) is 0 Å². The van der Waals surface area contributed by atoms with Crippen molar-refractivity contribution in [2.24, 2.45) is 11.3 Å². The molecular formula is C10H19NO2. The predicted octanol–water partition coefficient (Wildman–Crippen LogP) is 0.873. The maximum absolute atomic E-state index is 11.8. The van der Waals surface area contributed by atoms with E-state index in [1.54, 1.807) is 0 Å². The van der Waals surface area contributed by atoms with Crippen LogP contribution in [0.5, 0.6) is 0 Å². The highest BCUT2D eigenvalue weighted by molar-refractivity contribution is 5.81. The molecule has 3 nitrogen and oxygen atoms in total. The van der Waals surface area contributed by atoms with Crippen LogP contribution < -0.4 is 0 Å². The van der Waals surface area contributed by atoms with Crippen molar-refractivity contribution in [1.82, 2.24) is 4.90 Å². The summed E-state index contributed by atoms with van der Waals surface area (Å²) in [5.41, 5.74) is -0.287. The minimum atomic E-state index is -0.287. The van der Waals surface area contributed by atoms with Gasteiger partial charge in [0.05, 0.1) is 0 Å². The molecule has 0 saturated carbocycles. The van der Waals surface area contributed by atoms with Gasteiger partial charge in [0.15, 0.2) is 0 Å². The summed E-state index contributed by atoms with van der Waals surface area (Å²) in [6.45, 7) is 7.53. The van der Waals surface area contributed by atoms with Crippen LogP contribution in [0.1, 0.15) is 27.2 Å². The van der Waals surface area contributed by atoms with Gasteiger partial charge in [0, 0.05) is 31.0 Å². The highest BCUT2D eigenvalue weighted by atomic mass is 16.3. The Bertz CT molecular complexity index is 196. The summed E-state index contributed by atoms with van der Waals surface area (Å²) in [7, 11) is 0. The molecule has 0 radical (unpaired) electrons. The summed E-state index contributed by atoms with van der Waals surface area (Å²) in [4.78, 5) is 13.6. The summed E-state index contributed by atoms with van der Waals surface area (Å²) >= 11 is 0. The van der Waals surface area contributed by atoms with Crippen LogP contribution in [-0.2, 0) is 4.79 Å². The lowest BCUT2D eigenvalue weighted by molar-refractivity contribution is -0.138. The number of amides is 1. The lowest BCUT2D eigenvalue weighted by Gasteiger charge is -2.25. The number of aliphatic hydroxyl groups excluding tert-OH is 1. The average molecular weight is 185 g/mol. The number of carbonyl (C=O) groups is 1. The van der Waals surface area contributed by atoms with Crippen molar-refractivity contribution in [1.29, 1.82) is 0 Å². The van der Waals surface area contributed by atoms with Gasteiger partial charge in [-0.15, -0.1) is 0 Å². The molecule has 0 aromatic rings. The molecule has 1 saturated heterocycles. The molecule has 0 spiro atoms. The molecule has 0 aromatic heterocycles. The Balaban J connectivity index is 2.52. The zero-order valence-electron chi connectivity index (χ0n) is 8.71. The Labute approximate surface area is 79.7 Å². The SMILES string of the molecule is CC(C)(C)C(=O)N1CC[C@@H](CO)C1. The van der Waals surface area contributed by atoms with Crippen molar-refractivity contribution in [3.8, 4) is 0 Å². The van der Waals surface area contributed by atoms with Crippen LogP contribution in [0, 0.1) is 11.3 Å². The highest BCUT2D eigenvalue weighted by Crippen LogP contribution is 2.23. The maximum atomic E-state index is 11.8. The highest BCUT2D eigenvalue weighted by Gasteiger charge is 2.32. The summed E-state index contributed by atoms with van der Waals surface area (Å²) in [6, 6.07) is 0. The Morgan fingerprint density at radius 2 is 2.15 bits per heavy atom. The first kappa shape index (κ1) is 10.5. The fourth-order valence-electron chi connectivity index (χ4n) is 1.64. The summed E-state index contributed by atoms with van der Waals surface area (Å²) in [5, 5.41) is 8.93. The number of hydrogen-bond acceptors (Lipinski definition) is 2. The smallest absolute Gasteiger partial charge is 0.227 e. The number of hydrogen-bond donors (Lipinski definition) is 1. The summed E-state index contributed by atoms with van der Waals surface area (Å²) < 4.78 is 0. The van der Waals surface area contributed by atoms with Gasteiger partial charge >= 0.3 is 0 Å². The topological polar surface area (TPSA) is 40.5 Å². The molecule has 1 N–H and O–H groups in total. The monoisotopic (exact) mass is 185 g/mol. The van der Waals surface area contributed by atoms with Crippen molar-refractivity contribution in [2.45, 2.75) is 27.2 Å². The van der Waals surface area contributed by atoms with Gasteiger partial charge < -0.3 is 10.0 Å². The van der Waals surface area contributed by atoms with E-state index in [9.17, 15) is 4.79 Å². The van der Waals surface area contributed by atoms with Crippen LogP contribution >= 0.6 is 0 Å². The molecule has 0 unspecified atom stereocenters. The molecule has 1 amide bonds. The minimum absolute atomic E-state index is 0.198. The third-order valence-corrected chi connectivity index (χ3v) is 2.47. The number of carbonyl (C=O) groups excluding carboxylic acids is 1. The first-order valence-electron chi connectivity index (χ1n) is 4.85. The van der Waals surface area contributed by atoms with Crippen LogP contribution in [0.15, 0.2) is 0 Å². The van der Waals surface area contributed by atoms with Crippen LogP contribution in [0.25, 0.3) is 0 Å². The average Bonchev–Trinajstić information content (AvgIpc) is 2.48. The summed E-state index contributed by atoms with van der Waals surface area (Å²) in [6.07, 6.45) is 0.943. The molecule has 0 bridgehead atoms. The predicted molar refractivity (Wildman–Crippen MR) is 51.2 cm³/mol. The van der Waals surface area contributed by atoms with Crippen LogP contribution in [0.2, 0.25) is 0 Å². The molecule has 3 heteroatoms. The Kier molecular flexibility index (Phi) is 2.96. The first-order chi connectivity index (χ1) is 5.95. The molecule has 1 atom stereocenters. The first-order valence-corrected chi connectivity index (χ1v) is 4.85. The number of likely N-dealkylation sites (tertiary alicyclic amines) is 1. The van der Waals surface area contributed by atoms with E-state index in [4.69, 9.17) is 5.11 Å². The Morgan fingerprint density at radius 3 is 2.54 bits per heavy atom. The third-order valence-electron chi connectivity index (χ3n) is 2.47. The fourth-order valence-corrected chi connectivity index (χ4v) is 1.64. The normalized spacial score (nSPS) is 23.7. The van der Waals surface area contributed by atoms with Crippen molar-refractivity contribution < 1.29 is 9.90 Å². The molecule has 76 valence electrons. The van der Waals surface area contributed by atoms with Crippen molar-refractivity contribution in [2.75, 3.05) is 19.7 Å². The van der Waals surface area contributed by atoms with Gasteiger partial charge in [-0.25, -0.2) is 0 Å². The van der Waals surface area contributed by atoms with Crippen LogP contribution in [-0.4, -0.2) is 35.6 Å². The van der Waals surface area contributed by atoms with Gasteiger partial charge in [-0.05, 0) is 6.42 Å². The van der Waals surface area contributed by atoms with Gasteiger partial charge in [0.2, 0.25) is 5.91 Å². The number of aliphatic hydroxyl groups is 1. The van der Waals surface area contributed by atoms with E-state index in [2.05, 4.69) is 0 Å². The largest absolute Gasteiger partial charge is 0.396 e. The van der Waals surface area contributed by atoms with E-state index in [-0.39, 0.29) is 17.9 Å². The zero-order valence-corrected chi connectivity index (χ0v) is 8.71. The third kappa shape index (κ3) is 2.44. The van der Waals surface area contributed by atoms with Crippen molar-refractivity contribution in [3.63, 3.8) is 0 Å². The molecule has 13 heavy (non-hydrogen) atoms. The number of nitrogens with zero attached hydrogens (tertiary/aromatic N) is 1. The molecule has 0 aliphatic carbocycles. The molecule has 1 rings (SSSR count). The molecular weight excluding hydrogens is 166 g/mol. The van der Waals surface area contributed by atoms with Gasteiger partial charge in [-0.1, -0.05) is 20.8 Å². The Hall–Kier alpha value is -0.570. The summed E-state index contributed by atoms with van der Waals surface area (Å²) in [5.74, 6) is 0.495. The second-order valence-corrected chi connectivity index (χ2v) is 4.84. The maximum Gasteiger partial charge on any atom is 0.227 e. The van der Waals surface area contributed by atoms with Crippen LogP contribution in [0.3, 0.4) is 0 Å². The second kappa shape index (κ2) is 3.66. The minimum Gasteiger partial charge on any atom is -0.396 e. The molecule has 1 fully saturated rings. The van der Waals surface area contributed by atoms with Gasteiger partial charge in [-0.3, -0.25) is 4.79 Å². The lowest BCUT2D eigenvalue weighted by atomic mass is 9.95. The zero-order chi connectivity index (χ0) is 10.1. The molecule has 0 aromatic carbocycles. The number of rotatable bonds is 1.